The summed E-state index contributed by atoms with van der Waals surface area (Å²) in [4.78, 5) is 12.4. The number of benzene rings is 2. The monoisotopic (exact) mass is 227 g/mol. The third-order valence-electron chi connectivity index (χ3n) is 3.03. The van der Waals surface area contributed by atoms with Crippen LogP contribution < -0.4 is 0 Å². The fraction of sp³-hybridized carbons (Fsp3) is 0.267. The Bertz CT molecular complexity index is 502. The minimum atomic E-state index is 0.505. The van der Waals surface area contributed by atoms with Crippen LogP contribution in [0.5, 0.6) is 0 Å². The number of aldehydes is 1. The predicted molar refractivity (Wildman–Crippen MR) is 71.2 cm³/mol. The SMILES string of the molecule is CN(CC=O)CCc1cccc2ccccc12. The van der Waals surface area contributed by atoms with E-state index in [-0.39, 0.29) is 0 Å². The molecule has 0 heterocycles. The minimum absolute atomic E-state index is 0.505. The van der Waals surface area contributed by atoms with Crippen molar-refractivity contribution in [3.63, 3.8) is 0 Å². The van der Waals surface area contributed by atoms with E-state index in [1.54, 1.807) is 0 Å². The molecule has 0 atom stereocenters. The summed E-state index contributed by atoms with van der Waals surface area (Å²) in [7, 11) is 1.97. The normalized spacial score (nSPS) is 10.9. The zero-order valence-electron chi connectivity index (χ0n) is 10.1. The third-order valence-corrected chi connectivity index (χ3v) is 3.03. The van der Waals surface area contributed by atoms with Crippen molar-refractivity contribution in [3.05, 3.63) is 48.0 Å². The van der Waals surface area contributed by atoms with E-state index in [2.05, 4.69) is 42.5 Å². The Labute approximate surface area is 102 Å². The molecule has 0 fully saturated rings. The molecule has 0 spiro atoms. The summed E-state index contributed by atoms with van der Waals surface area (Å²) >= 11 is 0. The maximum atomic E-state index is 10.4. The van der Waals surface area contributed by atoms with Gasteiger partial charge in [-0.15, -0.1) is 0 Å². The largest absolute Gasteiger partial charge is 0.302 e. The second-order valence-corrected chi connectivity index (χ2v) is 4.32. The van der Waals surface area contributed by atoms with Gasteiger partial charge in [-0.05, 0) is 29.8 Å². The standard InChI is InChI=1S/C15H17NO/c1-16(11-12-17)10-9-14-7-4-6-13-5-2-3-8-15(13)14/h2-8,12H,9-11H2,1H3. The van der Waals surface area contributed by atoms with Gasteiger partial charge in [0.25, 0.3) is 0 Å². The molecule has 0 aliphatic heterocycles. The minimum Gasteiger partial charge on any atom is -0.302 e. The Balaban J connectivity index is 2.15. The molecular formula is C15H17NO. The van der Waals surface area contributed by atoms with E-state index in [0.29, 0.717) is 6.54 Å². The van der Waals surface area contributed by atoms with Crippen LogP contribution >= 0.6 is 0 Å². The number of fused-ring (bicyclic) bond motifs is 1. The van der Waals surface area contributed by atoms with Gasteiger partial charge in [-0.25, -0.2) is 0 Å². The Morgan fingerprint density at radius 1 is 1.12 bits per heavy atom. The molecule has 0 bridgehead atoms. The summed E-state index contributed by atoms with van der Waals surface area (Å²) in [5, 5.41) is 2.59. The molecule has 0 saturated carbocycles. The van der Waals surface area contributed by atoms with Crippen LogP contribution in [0.3, 0.4) is 0 Å². The molecule has 0 N–H and O–H groups in total. The van der Waals surface area contributed by atoms with Crippen LogP contribution in [0, 0.1) is 0 Å². The van der Waals surface area contributed by atoms with Crippen LogP contribution in [0.4, 0.5) is 0 Å². The van der Waals surface area contributed by atoms with E-state index in [9.17, 15) is 4.79 Å². The van der Waals surface area contributed by atoms with E-state index >= 15 is 0 Å². The van der Waals surface area contributed by atoms with Crippen LogP contribution in [0.1, 0.15) is 5.56 Å². The number of carbonyl (C=O) groups is 1. The fourth-order valence-corrected chi connectivity index (χ4v) is 2.04. The van der Waals surface area contributed by atoms with E-state index in [0.717, 1.165) is 19.3 Å². The Morgan fingerprint density at radius 3 is 2.71 bits per heavy atom. The first-order chi connectivity index (χ1) is 8.31. The second kappa shape index (κ2) is 5.60. The van der Waals surface area contributed by atoms with E-state index in [4.69, 9.17) is 0 Å². The molecule has 2 aromatic rings. The van der Waals surface area contributed by atoms with Crippen molar-refractivity contribution >= 4 is 17.1 Å². The van der Waals surface area contributed by atoms with Gasteiger partial charge in [-0.1, -0.05) is 42.5 Å². The van der Waals surface area contributed by atoms with Crippen molar-refractivity contribution in [2.75, 3.05) is 20.1 Å². The van der Waals surface area contributed by atoms with Crippen LogP contribution in [0.25, 0.3) is 10.8 Å². The Kier molecular flexibility index (Phi) is 3.89. The number of hydrogen-bond donors (Lipinski definition) is 0. The van der Waals surface area contributed by atoms with E-state index < -0.39 is 0 Å². The first kappa shape index (κ1) is 11.8. The number of hydrogen-bond acceptors (Lipinski definition) is 2. The molecule has 2 heteroatoms. The first-order valence-electron chi connectivity index (χ1n) is 5.90. The van der Waals surface area contributed by atoms with Crippen LogP contribution in [-0.4, -0.2) is 31.3 Å². The maximum Gasteiger partial charge on any atom is 0.133 e. The summed E-state index contributed by atoms with van der Waals surface area (Å²) in [6.45, 7) is 1.41. The number of carbonyl (C=O) groups excluding carboxylic acids is 1. The number of nitrogens with zero attached hydrogens (tertiary/aromatic N) is 1. The molecule has 2 rings (SSSR count). The fourth-order valence-electron chi connectivity index (χ4n) is 2.04. The highest BCUT2D eigenvalue weighted by atomic mass is 16.1. The van der Waals surface area contributed by atoms with Crippen molar-refractivity contribution in [3.8, 4) is 0 Å². The molecule has 0 aromatic heterocycles. The average molecular weight is 227 g/mol. The lowest BCUT2D eigenvalue weighted by molar-refractivity contribution is -0.108. The molecule has 88 valence electrons. The first-order valence-corrected chi connectivity index (χ1v) is 5.90. The summed E-state index contributed by atoms with van der Waals surface area (Å²) in [5.41, 5.74) is 1.35. The van der Waals surface area contributed by atoms with Crippen LogP contribution in [0.2, 0.25) is 0 Å². The summed E-state index contributed by atoms with van der Waals surface area (Å²) in [5.74, 6) is 0. The predicted octanol–water partition coefficient (Wildman–Crippen LogP) is 2.51. The lowest BCUT2D eigenvalue weighted by Crippen LogP contribution is -2.23. The van der Waals surface area contributed by atoms with E-state index in [1.165, 1.54) is 16.3 Å². The lowest BCUT2D eigenvalue weighted by Gasteiger charge is -2.13. The zero-order chi connectivity index (χ0) is 12.1. The molecule has 0 aliphatic carbocycles. The molecule has 2 aromatic carbocycles. The summed E-state index contributed by atoms with van der Waals surface area (Å²) in [6, 6.07) is 14.8. The van der Waals surface area contributed by atoms with Gasteiger partial charge in [0, 0.05) is 6.54 Å². The van der Waals surface area contributed by atoms with Gasteiger partial charge in [0.15, 0.2) is 0 Å². The van der Waals surface area contributed by atoms with Gasteiger partial charge in [0.2, 0.25) is 0 Å². The summed E-state index contributed by atoms with van der Waals surface area (Å²) < 4.78 is 0. The summed E-state index contributed by atoms with van der Waals surface area (Å²) in [6.07, 6.45) is 1.93. The van der Waals surface area contributed by atoms with Crippen LogP contribution in [0.15, 0.2) is 42.5 Å². The van der Waals surface area contributed by atoms with Crippen molar-refractivity contribution in [2.24, 2.45) is 0 Å². The topological polar surface area (TPSA) is 20.3 Å². The molecular weight excluding hydrogens is 210 g/mol. The highest BCUT2D eigenvalue weighted by Gasteiger charge is 2.02. The molecule has 17 heavy (non-hydrogen) atoms. The molecule has 2 nitrogen and oxygen atoms in total. The average Bonchev–Trinajstić information content (AvgIpc) is 2.36. The zero-order valence-corrected chi connectivity index (χ0v) is 10.1. The highest BCUT2D eigenvalue weighted by molar-refractivity contribution is 5.85. The van der Waals surface area contributed by atoms with Crippen molar-refractivity contribution in [2.45, 2.75) is 6.42 Å². The van der Waals surface area contributed by atoms with E-state index in [1.807, 2.05) is 11.9 Å². The second-order valence-electron chi connectivity index (χ2n) is 4.32. The van der Waals surface area contributed by atoms with Crippen molar-refractivity contribution in [1.29, 1.82) is 0 Å². The van der Waals surface area contributed by atoms with Gasteiger partial charge < -0.3 is 4.79 Å². The Morgan fingerprint density at radius 2 is 1.88 bits per heavy atom. The van der Waals surface area contributed by atoms with Crippen molar-refractivity contribution < 1.29 is 4.79 Å². The Hall–Kier alpha value is -1.67. The van der Waals surface area contributed by atoms with Gasteiger partial charge in [-0.2, -0.15) is 0 Å². The molecule has 0 saturated heterocycles. The van der Waals surface area contributed by atoms with Crippen LogP contribution in [-0.2, 0) is 11.2 Å². The number of rotatable bonds is 5. The molecule has 0 unspecified atom stereocenters. The van der Waals surface area contributed by atoms with Crippen molar-refractivity contribution in [1.82, 2.24) is 4.90 Å². The number of likely N-dealkylation sites (N-methyl/N-ethyl adjacent to an activating group) is 1. The van der Waals surface area contributed by atoms with Gasteiger partial charge in [-0.3, -0.25) is 4.90 Å². The quantitative estimate of drug-likeness (QED) is 0.731. The molecule has 0 amide bonds. The highest BCUT2D eigenvalue weighted by Crippen LogP contribution is 2.18. The van der Waals surface area contributed by atoms with Gasteiger partial charge >= 0.3 is 0 Å². The smallest absolute Gasteiger partial charge is 0.133 e. The maximum absolute atomic E-state index is 10.4. The molecule has 0 aliphatic rings. The van der Waals surface area contributed by atoms with Gasteiger partial charge in [0.1, 0.15) is 6.29 Å². The third kappa shape index (κ3) is 2.92. The lowest BCUT2D eigenvalue weighted by atomic mass is 10.0. The van der Waals surface area contributed by atoms with Gasteiger partial charge in [0.05, 0.1) is 6.54 Å². The molecule has 0 radical (unpaired) electrons.